The lowest BCUT2D eigenvalue weighted by atomic mass is 10.1. The number of aliphatic hydroxyl groups excluding tert-OH is 1. The first-order valence-electron chi connectivity index (χ1n) is 7.12. The van der Waals surface area contributed by atoms with Crippen LogP contribution in [0.3, 0.4) is 0 Å². The Labute approximate surface area is 128 Å². The molecule has 1 atom stereocenters. The minimum atomic E-state index is -0.486. The van der Waals surface area contributed by atoms with Gasteiger partial charge in [-0.1, -0.05) is 12.1 Å². The number of aromatic nitrogens is 1. The Hall–Kier alpha value is -1.63. The number of β-amino-alcohol motifs (C(OH)–C–C–N with tert-alkyl or cyclic N) is 1. The maximum Gasteiger partial charge on any atom is 0.185 e. The van der Waals surface area contributed by atoms with Gasteiger partial charge in [0.1, 0.15) is 0 Å². The lowest BCUT2D eigenvalue weighted by Gasteiger charge is -2.35. The van der Waals surface area contributed by atoms with Crippen LogP contribution in [0.1, 0.15) is 11.7 Å². The van der Waals surface area contributed by atoms with E-state index in [9.17, 15) is 5.11 Å². The van der Waals surface area contributed by atoms with Crippen LogP contribution in [-0.4, -0.2) is 47.7 Å². The minimum Gasteiger partial charge on any atom is -0.399 e. The van der Waals surface area contributed by atoms with Crippen LogP contribution >= 0.6 is 11.3 Å². The Bertz CT molecular complexity index is 567. The molecule has 0 bridgehead atoms. The van der Waals surface area contributed by atoms with Gasteiger partial charge in [0.25, 0.3) is 0 Å². The van der Waals surface area contributed by atoms with Gasteiger partial charge in [0.2, 0.25) is 0 Å². The Morgan fingerprint density at radius 2 is 2.10 bits per heavy atom. The van der Waals surface area contributed by atoms with Gasteiger partial charge in [-0.05, 0) is 17.7 Å². The van der Waals surface area contributed by atoms with Crippen molar-refractivity contribution in [2.75, 3.05) is 43.4 Å². The molecule has 1 aliphatic heterocycles. The summed E-state index contributed by atoms with van der Waals surface area (Å²) in [5.74, 6) is 0. The van der Waals surface area contributed by atoms with Gasteiger partial charge < -0.3 is 15.7 Å². The predicted octanol–water partition coefficient (Wildman–Crippen LogP) is 1.58. The summed E-state index contributed by atoms with van der Waals surface area (Å²) in [4.78, 5) is 8.94. The number of benzene rings is 1. The zero-order valence-corrected chi connectivity index (χ0v) is 12.7. The number of rotatable bonds is 4. The first-order valence-corrected chi connectivity index (χ1v) is 8.00. The highest BCUT2D eigenvalue weighted by Crippen LogP contribution is 2.21. The van der Waals surface area contributed by atoms with Gasteiger partial charge in [0.05, 0.1) is 6.10 Å². The summed E-state index contributed by atoms with van der Waals surface area (Å²) in [6.07, 6.45) is 1.36. The molecule has 0 saturated carbocycles. The molecule has 2 heterocycles. The molecule has 0 aliphatic carbocycles. The quantitative estimate of drug-likeness (QED) is 0.840. The summed E-state index contributed by atoms with van der Waals surface area (Å²) in [5.41, 5.74) is 7.35. The summed E-state index contributed by atoms with van der Waals surface area (Å²) in [7, 11) is 0. The standard InChI is InChI=1S/C15H20N4OS/c16-13-3-1-2-12(10-13)14(20)11-18-5-7-19(8-6-18)15-17-4-9-21-15/h1-4,9-10,14,20H,5-8,11,16H2. The van der Waals surface area contributed by atoms with E-state index in [1.54, 1.807) is 11.3 Å². The number of nitrogens with two attached hydrogens (primary N) is 1. The second-order valence-electron chi connectivity index (χ2n) is 5.29. The van der Waals surface area contributed by atoms with Gasteiger partial charge in [-0.25, -0.2) is 4.98 Å². The zero-order chi connectivity index (χ0) is 14.7. The van der Waals surface area contributed by atoms with Crippen LogP contribution in [0.15, 0.2) is 35.8 Å². The Balaban J connectivity index is 1.53. The molecular formula is C15H20N4OS. The molecule has 112 valence electrons. The average Bonchev–Trinajstić information content (AvgIpc) is 3.02. The minimum absolute atomic E-state index is 0.486. The number of aliphatic hydroxyl groups is 1. The fourth-order valence-electron chi connectivity index (χ4n) is 2.61. The highest BCUT2D eigenvalue weighted by atomic mass is 32.1. The van der Waals surface area contributed by atoms with Crippen LogP contribution in [0.25, 0.3) is 0 Å². The highest BCUT2D eigenvalue weighted by molar-refractivity contribution is 7.13. The van der Waals surface area contributed by atoms with E-state index < -0.39 is 6.10 Å². The van der Waals surface area contributed by atoms with Gasteiger partial charge in [0, 0.05) is 50.0 Å². The van der Waals surface area contributed by atoms with Crippen molar-refractivity contribution in [2.24, 2.45) is 0 Å². The third kappa shape index (κ3) is 3.53. The molecule has 1 fully saturated rings. The number of nitrogens with zero attached hydrogens (tertiary/aromatic N) is 3. The van der Waals surface area contributed by atoms with Gasteiger partial charge in [0.15, 0.2) is 5.13 Å². The molecule has 1 aromatic carbocycles. The van der Waals surface area contributed by atoms with Crippen molar-refractivity contribution in [2.45, 2.75) is 6.10 Å². The van der Waals surface area contributed by atoms with Crippen molar-refractivity contribution >= 4 is 22.2 Å². The molecule has 0 radical (unpaired) electrons. The van der Waals surface area contributed by atoms with Crippen molar-refractivity contribution in [1.82, 2.24) is 9.88 Å². The maximum absolute atomic E-state index is 10.3. The van der Waals surface area contributed by atoms with Crippen LogP contribution < -0.4 is 10.6 Å². The normalized spacial score (nSPS) is 17.9. The summed E-state index contributed by atoms with van der Waals surface area (Å²) in [5, 5.41) is 13.4. The Morgan fingerprint density at radius 1 is 1.29 bits per heavy atom. The maximum atomic E-state index is 10.3. The number of hydrogen-bond acceptors (Lipinski definition) is 6. The molecule has 1 unspecified atom stereocenters. The fourth-order valence-corrected chi connectivity index (χ4v) is 3.31. The van der Waals surface area contributed by atoms with Crippen LogP contribution in [0.2, 0.25) is 0 Å². The van der Waals surface area contributed by atoms with E-state index in [2.05, 4.69) is 14.8 Å². The Kier molecular flexibility index (Phi) is 4.38. The van der Waals surface area contributed by atoms with Crippen molar-refractivity contribution < 1.29 is 5.11 Å². The molecule has 1 saturated heterocycles. The Morgan fingerprint density at radius 3 is 2.76 bits per heavy atom. The number of anilines is 2. The van der Waals surface area contributed by atoms with E-state index in [0.29, 0.717) is 12.2 Å². The lowest BCUT2D eigenvalue weighted by molar-refractivity contribution is 0.109. The molecule has 1 aromatic heterocycles. The molecule has 5 nitrogen and oxygen atoms in total. The summed E-state index contributed by atoms with van der Waals surface area (Å²) < 4.78 is 0. The monoisotopic (exact) mass is 304 g/mol. The molecule has 2 aromatic rings. The van der Waals surface area contributed by atoms with E-state index in [0.717, 1.165) is 36.9 Å². The number of nitrogen functional groups attached to an aromatic ring is 1. The second-order valence-corrected chi connectivity index (χ2v) is 6.16. The molecule has 3 rings (SSSR count). The second kappa shape index (κ2) is 6.43. The van der Waals surface area contributed by atoms with Gasteiger partial charge in [-0.3, -0.25) is 4.90 Å². The first kappa shape index (κ1) is 14.3. The van der Waals surface area contributed by atoms with Crippen LogP contribution in [0.4, 0.5) is 10.8 Å². The highest BCUT2D eigenvalue weighted by Gasteiger charge is 2.21. The SMILES string of the molecule is Nc1cccc(C(O)CN2CCN(c3nccs3)CC2)c1. The van der Waals surface area contributed by atoms with Crippen LogP contribution in [0.5, 0.6) is 0 Å². The molecule has 0 amide bonds. The number of thiazole rings is 1. The molecule has 3 N–H and O–H groups in total. The third-order valence-electron chi connectivity index (χ3n) is 3.79. The van der Waals surface area contributed by atoms with E-state index in [4.69, 9.17) is 5.73 Å². The lowest BCUT2D eigenvalue weighted by Crippen LogP contribution is -2.47. The van der Waals surface area contributed by atoms with E-state index in [-0.39, 0.29) is 0 Å². The van der Waals surface area contributed by atoms with E-state index in [1.807, 2.05) is 35.8 Å². The first-order chi connectivity index (χ1) is 10.2. The van der Waals surface area contributed by atoms with Crippen LogP contribution in [0, 0.1) is 0 Å². The zero-order valence-electron chi connectivity index (χ0n) is 11.9. The topological polar surface area (TPSA) is 65.6 Å². The molecule has 6 heteroatoms. The summed E-state index contributed by atoms with van der Waals surface area (Å²) in [6, 6.07) is 7.49. The van der Waals surface area contributed by atoms with E-state index in [1.165, 1.54) is 0 Å². The smallest absolute Gasteiger partial charge is 0.185 e. The van der Waals surface area contributed by atoms with Gasteiger partial charge in [-0.15, -0.1) is 11.3 Å². The largest absolute Gasteiger partial charge is 0.399 e. The van der Waals surface area contributed by atoms with Crippen LogP contribution in [-0.2, 0) is 0 Å². The predicted molar refractivity (Wildman–Crippen MR) is 86.6 cm³/mol. The summed E-state index contributed by atoms with van der Waals surface area (Å²) in [6.45, 7) is 4.45. The van der Waals surface area contributed by atoms with Gasteiger partial charge >= 0.3 is 0 Å². The molecule has 1 aliphatic rings. The number of piperazine rings is 1. The average molecular weight is 304 g/mol. The van der Waals surface area contributed by atoms with Crippen molar-refractivity contribution in [3.63, 3.8) is 0 Å². The van der Waals surface area contributed by atoms with Crippen molar-refractivity contribution in [3.8, 4) is 0 Å². The third-order valence-corrected chi connectivity index (χ3v) is 4.62. The molecule has 21 heavy (non-hydrogen) atoms. The van der Waals surface area contributed by atoms with Crippen molar-refractivity contribution in [3.05, 3.63) is 41.4 Å². The van der Waals surface area contributed by atoms with Gasteiger partial charge in [-0.2, -0.15) is 0 Å². The van der Waals surface area contributed by atoms with Crippen molar-refractivity contribution in [1.29, 1.82) is 0 Å². The molecule has 0 spiro atoms. The summed E-state index contributed by atoms with van der Waals surface area (Å²) >= 11 is 1.68. The number of hydrogen-bond donors (Lipinski definition) is 2. The van der Waals surface area contributed by atoms with E-state index >= 15 is 0 Å². The molecular weight excluding hydrogens is 284 g/mol. The fraction of sp³-hybridized carbons (Fsp3) is 0.400.